The van der Waals surface area contributed by atoms with Crippen LogP contribution < -0.4 is 4.74 Å². The molecule has 0 saturated carbocycles. The van der Waals surface area contributed by atoms with Crippen LogP contribution >= 0.6 is 0 Å². The van der Waals surface area contributed by atoms with Gasteiger partial charge >= 0.3 is 0 Å². The lowest BCUT2D eigenvalue weighted by Crippen LogP contribution is -2.32. The number of hydrogen-bond acceptors (Lipinski definition) is 5. The van der Waals surface area contributed by atoms with Crippen LogP contribution in [0.2, 0.25) is 0 Å². The van der Waals surface area contributed by atoms with Crippen molar-refractivity contribution in [3.63, 3.8) is 0 Å². The molecule has 0 unspecified atom stereocenters. The molecule has 3 heterocycles. The average molecular weight is 376 g/mol. The number of ether oxygens (including phenoxy) is 1. The van der Waals surface area contributed by atoms with E-state index < -0.39 is 0 Å². The van der Waals surface area contributed by atoms with E-state index in [1.165, 1.54) is 5.57 Å². The number of nitrogens with zero attached hydrogens (tertiary/aromatic N) is 4. The summed E-state index contributed by atoms with van der Waals surface area (Å²) in [6.45, 7) is 3.63. The summed E-state index contributed by atoms with van der Waals surface area (Å²) < 4.78 is 5.54. The van der Waals surface area contributed by atoms with Gasteiger partial charge in [-0.3, -0.25) is 9.69 Å². The number of para-hydroxylation sites is 1. The number of carbonyl (C=O) groups is 1. The quantitative estimate of drug-likeness (QED) is 0.724. The average Bonchev–Trinajstić information content (AvgIpc) is 2.91. The van der Waals surface area contributed by atoms with Gasteiger partial charge < -0.3 is 9.64 Å². The second kappa shape index (κ2) is 8.80. The molecule has 0 saturated heterocycles. The second-order valence-electron chi connectivity index (χ2n) is 6.97. The number of fused-ring (bicyclic) bond motifs is 1. The van der Waals surface area contributed by atoms with Gasteiger partial charge in [-0.15, -0.1) is 0 Å². The first-order valence-electron chi connectivity index (χ1n) is 9.73. The van der Waals surface area contributed by atoms with Crippen LogP contribution in [-0.2, 0) is 0 Å². The van der Waals surface area contributed by atoms with E-state index in [1.807, 2.05) is 30.3 Å². The molecule has 1 aromatic carbocycles. The van der Waals surface area contributed by atoms with Gasteiger partial charge in [0.15, 0.2) is 5.82 Å². The molecule has 6 heteroatoms. The standard InChI is InChI=1S/C22H24N4O2/c27-22-19-8-1-2-9-20(19)28-16-15-26(22)14-4-3-12-25-13-5-7-18(17-25)21-23-10-6-11-24-21/h1-2,6-11,15-16H,3-5,12-14,17H2. The monoisotopic (exact) mass is 376 g/mol. The van der Waals surface area contributed by atoms with Crippen molar-refractivity contribution in [1.29, 1.82) is 0 Å². The number of benzene rings is 1. The number of unbranched alkanes of at least 4 members (excludes halogenated alkanes) is 1. The fourth-order valence-electron chi connectivity index (χ4n) is 3.56. The molecule has 1 amide bonds. The Morgan fingerprint density at radius 2 is 1.86 bits per heavy atom. The molecular formula is C22H24N4O2. The zero-order valence-electron chi connectivity index (χ0n) is 15.8. The number of aromatic nitrogens is 2. The maximum absolute atomic E-state index is 12.7. The van der Waals surface area contributed by atoms with Crippen LogP contribution in [0.15, 0.2) is 61.3 Å². The van der Waals surface area contributed by atoms with E-state index in [1.54, 1.807) is 29.8 Å². The summed E-state index contributed by atoms with van der Waals surface area (Å²) in [6.07, 6.45) is 12.1. The second-order valence-corrected chi connectivity index (χ2v) is 6.97. The Balaban J connectivity index is 1.26. The lowest BCUT2D eigenvalue weighted by Gasteiger charge is -2.27. The van der Waals surface area contributed by atoms with E-state index in [0.29, 0.717) is 17.9 Å². The number of rotatable bonds is 6. The zero-order valence-corrected chi connectivity index (χ0v) is 15.8. The topological polar surface area (TPSA) is 58.6 Å². The van der Waals surface area contributed by atoms with Crippen LogP contribution in [0.1, 0.15) is 35.4 Å². The summed E-state index contributed by atoms with van der Waals surface area (Å²) in [5.41, 5.74) is 1.81. The molecule has 2 aliphatic rings. The Morgan fingerprint density at radius 3 is 2.75 bits per heavy atom. The van der Waals surface area contributed by atoms with Crippen LogP contribution in [0, 0.1) is 0 Å². The number of amides is 1. The minimum Gasteiger partial charge on any atom is -0.463 e. The molecule has 0 radical (unpaired) electrons. The van der Waals surface area contributed by atoms with E-state index in [2.05, 4.69) is 20.9 Å². The van der Waals surface area contributed by atoms with Crippen molar-refractivity contribution in [1.82, 2.24) is 19.8 Å². The molecule has 0 N–H and O–H groups in total. The zero-order chi connectivity index (χ0) is 19.2. The van der Waals surface area contributed by atoms with Crippen LogP contribution in [-0.4, -0.2) is 51.9 Å². The SMILES string of the molecule is O=C1c2ccccc2OC=CN1CCCCN1CCC=C(c2ncccn2)C1. The molecule has 0 aliphatic carbocycles. The predicted molar refractivity (Wildman–Crippen MR) is 108 cm³/mol. The fraction of sp³-hybridized carbons (Fsp3) is 0.318. The summed E-state index contributed by atoms with van der Waals surface area (Å²) >= 11 is 0. The molecule has 0 spiro atoms. The first-order valence-corrected chi connectivity index (χ1v) is 9.73. The maximum Gasteiger partial charge on any atom is 0.261 e. The van der Waals surface area contributed by atoms with Crippen molar-refractivity contribution in [3.8, 4) is 5.75 Å². The van der Waals surface area contributed by atoms with E-state index in [9.17, 15) is 4.79 Å². The number of hydrogen-bond donors (Lipinski definition) is 0. The van der Waals surface area contributed by atoms with Gasteiger partial charge in [0, 0.05) is 43.8 Å². The van der Waals surface area contributed by atoms with Gasteiger partial charge in [0.05, 0.1) is 5.56 Å². The van der Waals surface area contributed by atoms with Gasteiger partial charge in [-0.2, -0.15) is 0 Å². The smallest absolute Gasteiger partial charge is 0.261 e. The lowest BCUT2D eigenvalue weighted by molar-refractivity contribution is 0.0821. The van der Waals surface area contributed by atoms with Gasteiger partial charge in [-0.1, -0.05) is 18.2 Å². The molecule has 1 aromatic heterocycles. The van der Waals surface area contributed by atoms with Crippen LogP contribution in [0.5, 0.6) is 5.75 Å². The van der Waals surface area contributed by atoms with Crippen LogP contribution in [0.3, 0.4) is 0 Å². The first kappa shape index (κ1) is 18.4. The molecular weight excluding hydrogens is 352 g/mol. The molecule has 0 atom stereocenters. The summed E-state index contributed by atoms with van der Waals surface area (Å²) in [4.78, 5) is 25.6. The third-order valence-corrected chi connectivity index (χ3v) is 5.02. The summed E-state index contributed by atoms with van der Waals surface area (Å²) in [5.74, 6) is 1.43. The largest absolute Gasteiger partial charge is 0.463 e. The van der Waals surface area contributed by atoms with Crippen LogP contribution in [0.4, 0.5) is 0 Å². The van der Waals surface area contributed by atoms with Gasteiger partial charge in [0.2, 0.25) is 0 Å². The van der Waals surface area contributed by atoms with Gasteiger partial charge in [-0.25, -0.2) is 9.97 Å². The van der Waals surface area contributed by atoms with Gasteiger partial charge in [-0.05, 0) is 44.0 Å². The molecule has 0 bridgehead atoms. The molecule has 144 valence electrons. The van der Waals surface area contributed by atoms with Crippen molar-refractivity contribution in [2.45, 2.75) is 19.3 Å². The predicted octanol–water partition coefficient (Wildman–Crippen LogP) is 3.35. The molecule has 2 aliphatic heterocycles. The van der Waals surface area contributed by atoms with E-state index >= 15 is 0 Å². The van der Waals surface area contributed by atoms with Crippen molar-refractivity contribution >= 4 is 11.5 Å². The molecule has 4 rings (SSSR count). The highest BCUT2D eigenvalue weighted by Crippen LogP contribution is 2.23. The summed E-state index contributed by atoms with van der Waals surface area (Å²) in [7, 11) is 0. The molecule has 6 nitrogen and oxygen atoms in total. The lowest BCUT2D eigenvalue weighted by atomic mass is 10.1. The Morgan fingerprint density at radius 1 is 1.04 bits per heavy atom. The Labute approximate surface area is 165 Å². The van der Waals surface area contributed by atoms with Gasteiger partial charge in [0.25, 0.3) is 5.91 Å². The number of carbonyl (C=O) groups excluding carboxylic acids is 1. The third kappa shape index (κ3) is 4.28. The Hall–Kier alpha value is -2.99. The molecule has 0 fully saturated rings. The fourth-order valence-corrected chi connectivity index (χ4v) is 3.56. The van der Waals surface area contributed by atoms with Gasteiger partial charge in [0.1, 0.15) is 12.0 Å². The van der Waals surface area contributed by atoms with Crippen molar-refractivity contribution < 1.29 is 9.53 Å². The Kier molecular flexibility index (Phi) is 5.77. The van der Waals surface area contributed by atoms with Crippen molar-refractivity contribution in [2.75, 3.05) is 26.2 Å². The summed E-state index contributed by atoms with van der Waals surface area (Å²) in [6, 6.07) is 9.20. The molecule has 28 heavy (non-hydrogen) atoms. The molecule has 2 aromatic rings. The Bertz CT molecular complexity index is 879. The van der Waals surface area contributed by atoms with E-state index in [0.717, 1.165) is 44.7 Å². The summed E-state index contributed by atoms with van der Waals surface area (Å²) in [5, 5.41) is 0. The highest BCUT2D eigenvalue weighted by Gasteiger charge is 2.20. The normalized spacial score (nSPS) is 16.9. The highest BCUT2D eigenvalue weighted by molar-refractivity contribution is 5.97. The van der Waals surface area contributed by atoms with Crippen molar-refractivity contribution in [2.24, 2.45) is 0 Å². The van der Waals surface area contributed by atoms with E-state index in [-0.39, 0.29) is 5.91 Å². The minimum absolute atomic E-state index is 0.00577. The maximum atomic E-state index is 12.7. The van der Waals surface area contributed by atoms with Crippen LogP contribution in [0.25, 0.3) is 5.57 Å². The third-order valence-electron chi connectivity index (χ3n) is 5.02. The van der Waals surface area contributed by atoms with Crippen molar-refractivity contribution in [3.05, 3.63) is 72.7 Å². The van der Waals surface area contributed by atoms with E-state index in [4.69, 9.17) is 4.74 Å². The highest BCUT2D eigenvalue weighted by atomic mass is 16.5. The first-order chi connectivity index (χ1) is 13.8. The minimum atomic E-state index is -0.00577.